The van der Waals surface area contributed by atoms with E-state index in [2.05, 4.69) is 4.98 Å². The minimum absolute atomic E-state index is 0.344. The third-order valence-corrected chi connectivity index (χ3v) is 2.84. The van der Waals surface area contributed by atoms with E-state index in [9.17, 15) is 4.79 Å². The van der Waals surface area contributed by atoms with Gasteiger partial charge in [-0.05, 0) is 35.7 Å². The van der Waals surface area contributed by atoms with Crippen molar-refractivity contribution in [2.45, 2.75) is 12.3 Å². The molecule has 0 aliphatic carbocycles. The fraction of sp³-hybridized carbons (Fsp3) is 0.143. The maximum atomic E-state index is 11.6. The van der Waals surface area contributed by atoms with Crippen LogP contribution in [-0.4, -0.2) is 10.9 Å². The average molecular weight is 241 g/mol. The Kier molecular flexibility index (Phi) is 3.57. The van der Waals surface area contributed by atoms with Crippen LogP contribution >= 0.6 is 0 Å². The highest BCUT2D eigenvalue weighted by Gasteiger charge is 2.18. The Morgan fingerprint density at radius 3 is 2.50 bits per heavy atom. The van der Waals surface area contributed by atoms with Gasteiger partial charge in [-0.2, -0.15) is 0 Å². The number of aromatic nitrogens is 1. The van der Waals surface area contributed by atoms with E-state index in [-0.39, 0.29) is 11.8 Å². The van der Waals surface area contributed by atoms with Gasteiger partial charge >= 0.3 is 0 Å². The monoisotopic (exact) mass is 241 g/mol. The van der Waals surface area contributed by atoms with Crippen LogP contribution in [0, 0.1) is 0 Å². The molecule has 0 aliphatic heterocycles. The number of hydrogen-bond acceptors (Lipinski definition) is 3. The Bertz CT molecular complexity index is 522. The van der Waals surface area contributed by atoms with E-state index in [0.29, 0.717) is 12.1 Å². The standard InChI is InChI=1S/C14H15N3O/c15-12-5-3-11(4-6-12)13(14(16)18)8-10-2-1-7-17-9-10/h1-7,9,13H,8,15H2,(H2,16,18). The van der Waals surface area contributed by atoms with E-state index >= 15 is 0 Å². The van der Waals surface area contributed by atoms with Crippen molar-refractivity contribution in [2.75, 3.05) is 5.73 Å². The van der Waals surface area contributed by atoms with Gasteiger partial charge in [-0.1, -0.05) is 18.2 Å². The van der Waals surface area contributed by atoms with E-state index in [0.717, 1.165) is 11.1 Å². The second-order valence-electron chi connectivity index (χ2n) is 4.19. The molecule has 1 atom stereocenters. The van der Waals surface area contributed by atoms with Gasteiger partial charge in [-0.25, -0.2) is 0 Å². The number of rotatable bonds is 4. The van der Waals surface area contributed by atoms with Gasteiger partial charge in [0.2, 0.25) is 5.91 Å². The van der Waals surface area contributed by atoms with Crippen LogP contribution < -0.4 is 11.5 Å². The summed E-state index contributed by atoms with van der Waals surface area (Å²) >= 11 is 0. The van der Waals surface area contributed by atoms with Gasteiger partial charge in [-0.15, -0.1) is 0 Å². The Morgan fingerprint density at radius 2 is 1.94 bits per heavy atom. The molecule has 2 rings (SSSR count). The highest BCUT2D eigenvalue weighted by molar-refractivity contribution is 5.82. The molecule has 0 fully saturated rings. The van der Waals surface area contributed by atoms with Crippen LogP contribution in [0.1, 0.15) is 17.0 Å². The Morgan fingerprint density at radius 1 is 1.22 bits per heavy atom. The smallest absolute Gasteiger partial charge is 0.225 e. The topological polar surface area (TPSA) is 82.0 Å². The van der Waals surface area contributed by atoms with Crippen molar-refractivity contribution in [1.29, 1.82) is 0 Å². The molecule has 4 nitrogen and oxygen atoms in total. The predicted molar refractivity (Wildman–Crippen MR) is 70.7 cm³/mol. The van der Waals surface area contributed by atoms with Crippen molar-refractivity contribution in [1.82, 2.24) is 4.98 Å². The number of anilines is 1. The van der Waals surface area contributed by atoms with Crippen molar-refractivity contribution in [3.05, 3.63) is 59.9 Å². The number of pyridine rings is 1. The predicted octanol–water partition coefficient (Wildman–Crippen LogP) is 1.48. The average Bonchev–Trinajstić information content (AvgIpc) is 2.38. The fourth-order valence-electron chi connectivity index (χ4n) is 1.87. The second kappa shape index (κ2) is 5.31. The summed E-state index contributed by atoms with van der Waals surface area (Å²) < 4.78 is 0. The molecule has 0 aliphatic rings. The minimum Gasteiger partial charge on any atom is -0.399 e. The van der Waals surface area contributed by atoms with Gasteiger partial charge in [0.05, 0.1) is 5.92 Å². The SMILES string of the molecule is NC(=O)C(Cc1cccnc1)c1ccc(N)cc1. The van der Waals surface area contributed by atoms with Crippen LogP contribution in [0.25, 0.3) is 0 Å². The molecule has 18 heavy (non-hydrogen) atoms. The number of amides is 1. The number of nitrogens with zero attached hydrogens (tertiary/aromatic N) is 1. The number of benzene rings is 1. The molecule has 0 spiro atoms. The number of carbonyl (C=O) groups is 1. The summed E-state index contributed by atoms with van der Waals surface area (Å²) in [5.74, 6) is -0.696. The Labute approximate surface area is 106 Å². The zero-order valence-electron chi connectivity index (χ0n) is 9.91. The lowest BCUT2D eigenvalue weighted by Gasteiger charge is -2.13. The zero-order valence-corrected chi connectivity index (χ0v) is 9.91. The number of carbonyl (C=O) groups excluding carboxylic acids is 1. The van der Waals surface area contributed by atoms with E-state index in [1.165, 1.54) is 0 Å². The van der Waals surface area contributed by atoms with Crippen LogP contribution in [0.5, 0.6) is 0 Å². The summed E-state index contributed by atoms with van der Waals surface area (Å²) in [7, 11) is 0. The third-order valence-electron chi connectivity index (χ3n) is 2.84. The fourth-order valence-corrected chi connectivity index (χ4v) is 1.87. The van der Waals surface area contributed by atoms with Crippen molar-refractivity contribution < 1.29 is 4.79 Å². The normalized spacial score (nSPS) is 12.0. The Hall–Kier alpha value is -2.36. The lowest BCUT2D eigenvalue weighted by atomic mass is 9.92. The first-order chi connectivity index (χ1) is 8.66. The maximum absolute atomic E-state index is 11.6. The quantitative estimate of drug-likeness (QED) is 0.795. The van der Waals surface area contributed by atoms with Crippen molar-refractivity contribution >= 4 is 11.6 Å². The van der Waals surface area contributed by atoms with Crippen LogP contribution in [0.4, 0.5) is 5.69 Å². The van der Waals surface area contributed by atoms with E-state index in [1.807, 2.05) is 24.3 Å². The van der Waals surface area contributed by atoms with E-state index in [1.54, 1.807) is 24.5 Å². The summed E-state index contributed by atoms with van der Waals surface area (Å²) in [5.41, 5.74) is 13.6. The molecule has 0 saturated carbocycles. The molecule has 4 heteroatoms. The number of nitrogens with two attached hydrogens (primary N) is 2. The molecule has 1 aromatic carbocycles. The number of nitrogen functional groups attached to an aromatic ring is 1. The van der Waals surface area contributed by atoms with Crippen LogP contribution in [-0.2, 0) is 11.2 Å². The molecule has 0 bridgehead atoms. The minimum atomic E-state index is -0.352. The number of hydrogen-bond donors (Lipinski definition) is 2. The maximum Gasteiger partial charge on any atom is 0.225 e. The lowest BCUT2D eigenvalue weighted by molar-refractivity contribution is -0.119. The highest BCUT2D eigenvalue weighted by Crippen LogP contribution is 2.21. The largest absolute Gasteiger partial charge is 0.399 e. The molecule has 2 aromatic rings. The third kappa shape index (κ3) is 2.85. The second-order valence-corrected chi connectivity index (χ2v) is 4.19. The lowest BCUT2D eigenvalue weighted by Crippen LogP contribution is -2.23. The highest BCUT2D eigenvalue weighted by atomic mass is 16.1. The molecular weight excluding hydrogens is 226 g/mol. The van der Waals surface area contributed by atoms with Crippen molar-refractivity contribution in [3.63, 3.8) is 0 Å². The first-order valence-corrected chi connectivity index (χ1v) is 5.70. The summed E-state index contributed by atoms with van der Waals surface area (Å²) in [6, 6.07) is 11.0. The molecule has 1 heterocycles. The van der Waals surface area contributed by atoms with Crippen LogP contribution in [0.2, 0.25) is 0 Å². The summed E-state index contributed by atoms with van der Waals surface area (Å²) in [6.07, 6.45) is 3.99. The molecule has 1 aromatic heterocycles. The first-order valence-electron chi connectivity index (χ1n) is 5.70. The summed E-state index contributed by atoms with van der Waals surface area (Å²) in [5, 5.41) is 0. The van der Waals surface area contributed by atoms with E-state index in [4.69, 9.17) is 11.5 Å². The molecule has 4 N–H and O–H groups in total. The van der Waals surface area contributed by atoms with Gasteiger partial charge in [0, 0.05) is 18.1 Å². The van der Waals surface area contributed by atoms with Gasteiger partial charge in [0.1, 0.15) is 0 Å². The van der Waals surface area contributed by atoms with Crippen molar-refractivity contribution in [3.8, 4) is 0 Å². The zero-order chi connectivity index (χ0) is 13.0. The van der Waals surface area contributed by atoms with Crippen molar-refractivity contribution in [2.24, 2.45) is 5.73 Å². The molecule has 1 amide bonds. The molecule has 0 radical (unpaired) electrons. The number of primary amides is 1. The van der Waals surface area contributed by atoms with Gasteiger partial charge in [0.25, 0.3) is 0 Å². The molecule has 92 valence electrons. The summed E-state index contributed by atoms with van der Waals surface area (Å²) in [4.78, 5) is 15.6. The molecule has 0 saturated heterocycles. The first kappa shape index (κ1) is 12.1. The van der Waals surface area contributed by atoms with Gasteiger partial charge in [-0.3, -0.25) is 9.78 Å². The van der Waals surface area contributed by atoms with E-state index < -0.39 is 0 Å². The Balaban J connectivity index is 2.24. The van der Waals surface area contributed by atoms with Crippen LogP contribution in [0.15, 0.2) is 48.8 Å². The van der Waals surface area contributed by atoms with Gasteiger partial charge in [0.15, 0.2) is 0 Å². The van der Waals surface area contributed by atoms with Gasteiger partial charge < -0.3 is 11.5 Å². The van der Waals surface area contributed by atoms with Crippen LogP contribution in [0.3, 0.4) is 0 Å². The molecule has 1 unspecified atom stereocenters. The molecular formula is C14H15N3O. The summed E-state index contributed by atoms with van der Waals surface area (Å²) in [6.45, 7) is 0.